The second kappa shape index (κ2) is 21.8. The third-order valence-electron chi connectivity index (χ3n) is 9.09. The van der Waals surface area contributed by atoms with Crippen molar-refractivity contribution < 1.29 is 63.0 Å². The number of halogens is 5. The summed E-state index contributed by atoms with van der Waals surface area (Å²) in [5.74, 6) is -3.76. The van der Waals surface area contributed by atoms with Crippen LogP contribution in [0.15, 0.2) is 84.9 Å². The van der Waals surface area contributed by atoms with Crippen LogP contribution in [-0.2, 0) is 41.0 Å². The Hall–Kier alpha value is -5.54. The maximum atomic E-state index is 14.6. The minimum Gasteiger partial charge on any atom is -0.465 e. The van der Waals surface area contributed by atoms with E-state index in [0.717, 1.165) is 12.1 Å². The second-order valence-corrected chi connectivity index (χ2v) is 18.5. The molecule has 2 aliphatic rings. The van der Waals surface area contributed by atoms with E-state index in [1.807, 2.05) is 0 Å². The van der Waals surface area contributed by atoms with Gasteiger partial charge in [0, 0.05) is 48.4 Å². The number of hydrogen-bond donors (Lipinski definition) is 1. The highest BCUT2D eigenvalue weighted by Gasteiger charge is 2.30. The van der Waals surface area contributed by atoms with Gasteiger partial charge >= 0.3 is 24.0 Å². The van der Waals surface area contributed by atoms with Crippen molar-refractivity contribution in [1.29, 1.82) is 0 Å². The van der Waals surface area contributed by atoms with Crippen molar-refractivity contribution in [3.63, 3.8) is 0 Å². The van der Waals surface area contributed by atoms with Gasteiger partial charge in [0.2, 0.25) is 0 Å². The zero-order valence-corrected chi connectivity index (χ0v) is 36.0. The first-order chi connectivity index (χ1) is 28.8. The van der Waals surface area contributed by atoms with Gasteiger partial charge in [0.1, 0.15) is 23.3 Å². The first-order valence-electron chi connectivity index (χ1n) is 18.2. The molecule has 0 aliphatic carbocycles. The van der Waals surface area contributed by atoms with Gasteiger partial charge < -0.3 is 24.6 Å². The van der Waals surface area contributed by atoms with Crippen LogP contribution < -0.4 is 10.2 Å². The zero-order chi connectivity index (χ0) is 44.9. The van der Waals surface area contributed by atoms with Crippen LogP contribution in [0.25, 0.3) is 0 Å². The summed E-state index contributed by atoms with van der Waals surface area (Å²) in [5.41, 5.74) is 1.42. The van der Waals surface area contributed by atoms with Gasteiger partial charge in [0.05, 0.1) is 54.9 Å². The van der Waals surface area contributed by atoms with Crippen molar-refractivity contribution in [1.82, 2.24) is 9.80 Å². The van der Waals surface area contributed by atoms with Gasteiger partial charge in [-0.15, -0.1) is 0 Å². The van der Waals surface area contributed by atoms with E-state index >= 15 is 0 Å². The fraction of sp³-hybridized carbons (Fsp3) is 0.300. The first-order valence-corrected chi connectivity index (χ1v) is 23.0. The van der Waals surface area contributed by atoms with Crippen molar-refractivity contribution >= 4 is 71.0 Å². The van der Waals surface area contributed by atoms with E-state index in [4.69, 9.17) is 0 Å². The molecule has 4 amide bonds. The monoisotopic (exact) mass is 956 g/mol. The summed E-state index contributed by atoms with van der Waals surface area (Å²) in [5, 5.41) is 2.96. The number of nitrogens with one attached hydrogen (secondary N) is 1. The molecule has 21 heteroatoms. The van der Waals surface area contributed by atoms with E-state index < -0.39 is 66.9 Å². The normalized spacial score (nSPS) is 15.1. The summed E-state index contributed by atoms with van der Waals surface area (Å²) in [6.45, 7) is 0.0965. The Labute approximate surface area is 358 Å². The number of rotatable bonds is 7. The number of alkyl halides is 1. The lowest BCUT2D eigenvalue weighted by Crippen LogP contribution is -2.49. The summed E-state index contributed by atoms with van der Waals surface area (Å²) in [7, 11) is -3.77. The number of sulfone groups is 2. The highest BCUT2D eigenvalue weighted by molar-refractivity contribution is 9.08. The molecule has 6 rings (SSSR count). The fourth-order valence-corrected chi connectivity index (χ4v) is 8.52. The highest BCUT2D eigenvalue weighted by Crippen LogP contribution is 2.23. The van der Waals surface area contributed by atoms with E-state index in [1.54, 1.807) is 12.1 Å². The van der Waals surface area contributed by atoms with E-state index in [-0.39, 0.29) is 78.1 Å². The number of amides is 4. The Balaban J connectivity index is 0.000000223. The maximum Gasteiger partial charge on any atom is 0.337 e. The number of methoxy groups -OCH3 is 2. The molecular formula is C40H41BrF4N4O10S2. The predicted molar refractivity (Wildman–Crippen MR) is 222 cm³/mol. The summed E-state index contributed by atoms with van der Waals surface area (Å²) in [6, 6.07) is 17.8. The SMILES string of the molecule is COC(=O)c1ccc(CBr)c(F)c1.COC(=O)c1ccc(CN(C(=O)N2CCS(=O)(=O)CC2)c2cccc(F)c2)c(F)c1.O=C(Nc1cccc(F)c1)N1CCS(=O)(=O)CC1. The number of carbonyl (C=O) groups excluding carboxylic acids is 4. The lowest BCUT2D eigenvalue weighted by Gasteiger charge is -2.33. The highest BCUT2D eigenvalue weighted by atomic mass is 79.9. The topological polar surface area (TPSA) is 177 Å². The molecule has 61 heavy (non-hydrogen) atoms. The molecule has 0 aromatic heterocycles. The van der Waals surface area contributed by atoms with Gasteiger partial charge in [0.15, 0.2) is 19.7 Å². The molecule has 2 fully saturated rings. The summed E-state index contributed by atoms with van der Waals surface area (Å²) < 4.78 is 109. The van der Waals surface area contributed by atoms with Crippen LogP contribution in [0, 0.1) is 23.3 Å². The Morgan fingerprint density at radius 3 is 1.59 bits per heavy atom. The van der Waals surface area contributed by atoms with Crippen molar-refractivity contribution in [2.24, 2.45) is 0 Å². The van der Waals surface area contributed by atoms with Gasteiger partial charge in [-0.05, 0) is 66.2 Å². The Morgan fingerprint density at radius 1 is 0.656 bits per heavy atom. The third-order valence-corrected chi connectivity index (χ3v) is 12.9. The van der Waals surface area contributed by atoms with E-state index in [9.17, 15) is 53.6 Å². The van der Waals surface area contributed by atoms with Gasteiger partial charge in [-0.1, -0.05) is 40.2 Å². The van der Waals surface area contributed by atoms with Crippen molar-refractivity contribution in [2.75, 3.05) is 73.6 Å². The predicted octanol–water partition coefficient (Wildman–Crippen LogP) is 6.20. The number of urea groups is 2. The van der Waals surface area contributed by atoms with Gasteiger partial charge in [-0.2, -0.15) is 0 Å². The average molecular weight is 958 g/mol. The van der Waals surface area contributed by atoms with Crippen LogP contribution in [0.3, 0.4) is 0 Å². The lowest BCUT2D eigenvalue weighted by molar-refractivity contribution is 0.0591. The molecule has 4 aromatic rings. The van der Waals surface area contributed by atoms with Crippen LogP contribution in [0.4, 0.5) is 38.5 Å². The van der Waals surface area contributed by atoms with E-state index in [2.05, 4.69) is 30.7 Å². The summed E-state index contributed by atoms with van der Waals surface area (Å²) in [6.07, 6.45) is 0. The van der Waals surface area contributed by atoms with E-state index in [1.165, 1.54) is 89.6 Å². The third kappa shape index (κ3) is 14.3. The lowest BCUT2D eigenvalue weighted by atomic mass is 10.1. The molecule has 1 N–H and O–H groups in total. The molecule has 328 valence electrons. The van der Waals surface area contributed by atoms with Gasteiger partial charge in [-0.25, -0.2) is 53.6 Å². The molecule has 0 bridgehead atoms. The quantitative estimate of drug-likeness (QED) is 0.128. The molecule has 2 heterocycles. The Morgan fingerprint density at radius 2 is 1.13 bits per heavy atom. The van der Waals surface area contributed by atoms with Crippen LogP contribution >= 0.6 is 15.9 Å². The molecule has 0 atom stereocenters. The standard InChI is InChI=1S/C20H20F2N2O5S.C11H13FN2O3S.C9H8BrFO2/c1-29-19(25)14-5-6-15(18(22)11-14)13-24(17-4-2-3-16(21)12-17)20(26)23-7-9-30(27,28)10-8-23;12-9-2-1-3-10(8-9)13-11(15)14-4-6-18(16,17)7-5-14;1-13-9(12)6-2-3-7(5-10)8(11)4-6/h2-6,11-12H,7-10,13H2,1H3;1-3,8H,4-7H2,(H,13,15);2-4H,5H2,1H3. The van der Waals surface area contributed by atoms with Crippen LogP contribution in [0.1, 0.15) is 31.8 Å². The van der Waals surface area contributed by atoms with Crippen molar-refractivity contribution in [3.8, 4) is 0 Å². The molecule has 0 unspecified atom stereocenters. The van der Waals surface area contributed by atoms with Crippen molar-refractivity contribution in [3.05, 3.63) is 130 Å². The fourth-order valence-electron chi connectivity index (χ4n) is 5.66. The molecule has 0 saturated carbocycles. The molecule has 2 aliphatic heterocycles. The van der Waals surface area contributed by atoms with Gasteiger partial charge in [0.25, 0.3) is 0 Å². The minimum absolute atomic E-state index is 0.00323. The number of anilines is 2. The number of carbonyl (C=O) groups is 4. The number of hydrogen-bond acceptors (Lipinski definition) is 10. The average Bonchev–Trinajstić information content (AvgIpc) is 3.22. The number of esters is 2. The maximum absolute atomic E-state index is 14.6. The number of benzene rings is 4. The van der Waals surface area contributed by atoms with E-state index in [0.29, 0.717) is 16.6 Å². The smallest absolute Gasteiger partial charge is 0.337 e. The summed E-state index contributed by atoms with van der Waals surface area (Å²) in [4.78, 5) is 51.3. The number of nitrogens with zero attached hydrogens (tertiary/aromatic N) is 3. The molecule has 0 radical (unpaired) electrons. The molecule has 4 aromatic carbocycles. The Kier molecular flexibility index (Phi) is 17.2. The zero-order valence-electron chi connectivity index (χ0n) is 32.8. The molecule has 14 nitrogen and oxygen atoms in total. The minimum atomic E-state index is -3.20. The molecule has 0 spiro atoms. The first kappa shape index (κ1) is 48.1. The van der Waals surface area contributed by atoms with Gasteiger partial charge in [-0.3, -0.25) is 4.90 Å². The number of ether oxygens (including phenoxy) is 2. The molecular weight excluding hydrogens is 916 g/mol. The van der Waals surface area contributed by atoms with Crippen LogP contribution in [0.5, 0.6) is 0 Å². The van der Waals surface area contributed by atoms with Crippen LogP contribution in [-0.4, -0.2) is 114 Å². The van der Waals surface area contributed by atoms with Crippen LogP contribution in [0.2, 0.25) is 0 Å². The Bertz CT molecular complexity index is 2440. The largest absolute Gasteiger partial charge is 0.465 e. The summed E-state index contributed by atoms with van der Waals surface area (Å²) >= 11 is 3.13. The van der Waals surface area contributed by atoms with Crippen molar-refractivity contribution in [2.45, 2.75) is 11.9 Å². The molecule has 2 saturated heterocycles. The second-order valence-electron chi connectivity index (χ2n) is 13.3.